The minimum Gasteiger partial charge on any atom is -0.299 e. The number of amides is 2. The van der Waals surface area contributed by atoms with Gasteiger partial charge in [-0.1, -0.05) is 0 Å². The van der Waals surface area contributed by atoms with Crippen molar-refractivity contribution in [2.24, 2.45) is 0 Å². The summed E-state index contributed by atoms with van der Waals surface area (Å²) in [5.41, 5.74) is 0.967. The first-order valence-electron chi connectivity index (χ1n) is 5.14. The lowest BCUT2D eigenvalue weighted by molar-refractivity contribution is -0.137. The number of hydrogen-bond donors (Lipinski definition) is 2. The van der Waals surface area contributed by atoms with E-state index in [-0.39, 0.29) is 24.3 Å². The van der Waals surface area contributed by atoms with Gasteiger partial charge in [0.05, 0.1) is 18.7 Å². The van der Waals surface area contributed by atoms with Crippen LogP contribution in [0.2, 0.25) is 0 Å². The zero-order chi connectivity index (χ0) is 11.7. The van der Waals surface area contributed by atoms with Gasteiger partial charge in [0, 0.05) is 24.8 Å². The van der Waals surface area contributed by atoms with Crippen LogP contribution in [0.25, 0.3) is 0 Å². The Morgan fingerprint density at radius 1 is 1.62 bits per heavy atom. The molecule has 1 fully saturated rings. The number of likely N-dealkylation sites (N-methyl/N-ethyl adjacent to an activating group) is 1. The summed E-state index contributed by atoms with van der Waals surface area (Å²) in [4.78, 5) is 24.1. The summed E-state index contributed by atoms with van der Waals surface area (Å²) in [6, 6.07) is -0.422. The highest BCUT2D eigenvalue weighted by atomic mass is 16.2. The average molecular weight is 222 g/mol. The highest BCUT2D eigenvalue weighted by Gasteiger charge is 2.36. The molecule has 0 aliphatic carbocycles. The number of likely N-dealkylation sites (tertiary alicyclic amines) is 1. The van der Waals surface area contributed by atoms with Crippen LogP contribution in [0.4, 0.5) is 0 Å². The quantitative estimate of drug-likeness (QED) is 0.695. The van der Waals surface area contributed by atoms with E-state index < -0.39 is 6.04 Å². The molecule has 1 aliphatic heterocycles. The Morgan fingerprint density at radius 3 is 2.88 bits per heavy atom. The van der Waals surface area contributed by atoms with Gasteiger partial charge in [0.15, 0.2) is 0 Å². The summed E-state index contributed by atoms with van der Waals surface area (Å²) in [6.45, 7) is 1.93. The van der Waals surface area contributed by atoms with Gasteiger partial charge in [-0.3, -0.25) is 24.9 Å². The molecule has 1 saturated heterocycles. The monoisotopic (exact) mass is 222 g/mol. The molecule has 2 N–H and O–H groups in total. The third-order valence-electron chi connectivity index (χ3n) is 2.85. The van der Waals surface area contributed by atoms with Gasteiger partial charge in [-0.15, -0.1) is 0 Å². The van der Waals surface area contributed by atoms with Gasteiger partial charge in [0.2, 0.25) is 11.8 Å². The van der Waals surface area contributed by atoms with Crippen molar-refractivity contribution in [1.82, 2.24) is 20.4 Å². The molecule has 1 aromatic rings. The normalized spacial score (nSPS) is 22.9. The number of H-pyrrole nitrogens is 1. The fraction of sp³-hybridized carbons (Fsp3) is 0.500. The summed E-state index contributed by atoms with van der Waals surface area (Å²) >= 11 is 0. The number of carbonyl (C=O) groups excluding carboxylic acids is 2. The molecule has 2 atom stereocenters. The molecule has 1 aromatic heterocycles. The van der Waals surface area contributed by atoms with Gasteiger partial charge in [-0.25, -0.2) is 0 Å². The van der Waals surface area contributed by atoms with E-state index in [0.29, 0.717) is 0 Å². The highest BCUT2D eigenvalue weighted by molar-refractivity contribution is 6.05. The van der Waals surface area contributed by atoms with E-state index in [0.717, 1.165) is 5.56 Å². The molecule has 0 aromatic carbocycles. The number of carbonyl (C=O) groups is 2. The third-order valence-corrected chi connectivity index (χ3v) is 2.85. The maximum absolute atomic E-state index is 11.6. The number of imide groups is 1. The molecule has 0 radical (unpaired) electrons. The summed E-state index contributed by atoms with van der Waals surface area (Å²) in [5.74, 6) is -0.303. The molecule has 1 aliphatic rings. The number of rotatable bonds is 3. The van der Waals surface area contributed by atoms with Crippen LogP contribution >= 0.6 is 0 Å². The van der Waals surface area contributed by atoms with Gasteiger partial charge < -0.3 is 0 Å². The molecule has 0 bridgehead atoms. The molecule has 2 amide bonds. The van der Waals surface area contributed by atoms with Crippen molar-refractivity contribution in [2.75, 3.05) is 7.05 Å². The molecule has 16 heavy (non-hydrogen) atoms. The van der Waals surface area contributed by atoms with Crippen LogP contribution in [0.3, 0.4) is 0 Å². The van der Waals surface area contributed by atoms with Crippen LogP contribution in [0, 0.1) is 0 Å². The van der Waals surface area contributed by atoms with E-state index in [4.69, 9.17) is 0 Å². The minimum absolute atomic E-state index is 0.00741. The van der Waals surface area contributed by atoms with Gasteiger partial charge in [0.1, 0.15) is 0 Å². The Balaban J connectivity index is 2.01. The zero-order valence-corrected chi connectivity index (χ0v) is 9.23. The van der Waals surface area contributed by atoms with Crippen LogP contribution in [-0.2, 0) is 9.59 Å². The topological polar surface area (TPSA) is 78.1 Å². The first-order valence-corrected chi connectivity index (χ1v) is 5.14. The lowest BCUT2D eigenvalue weighted by atomic mass is 10.1. The van der Waals surface area contributed by atoms with Crippen molar-refractivity contribution in [3.05, 3.63) is 18.0 Å². The van der Waals surface area contributed by atoms with E-state index in [1.165, 1.54) is 11.9 Å². The first-order chi connectivity index (χ1) is 7.59. The number of aromatic amines is 1. The zero-order valence-electron chi connectivity index (χ0n) is 9.23. The third kappa shape index (κ3) is 1.83. The summed E-state index contributed by atoms with van der Waals surface area (Å²) in [6.07, 6.45) is 3.70. The molecule has 2 unspecified atom stereocenters. The summed E-state index contributed by atoms with van der Waals surface area (Å²) < 4.78 is 0. The highest BCUT2D eigenvalue weighted by Crippen LogP contribution is 2.16. The van der Waals surface area contributed by atoms with Crippen LogP contribution in [-0.4, -0.2) is 40.0 Å². The Kier molecular flexibility index (Phi) is 2.74. The molecular formula is C10H14N4O2. The van der Waals surface area contributed by atoms with Crippen molar-refractivity contribution in [3.8, 4) is 0 Å². The van der Waals surface area contributed by atoms with E-state index in [2.05, 4.69) is 15.5 Å². The molecule has 2 heterocycles. The van der Waals surface area contributed by atoms with E-state index in [1.54, 1.807) is 12.4 Å². The predicted molar refractivity (Wildman–Crippen MR) is 56.3 cm³/mol. The Labute approximate surface area is 93.0 Å². The van der Waals surface area contributed by atoms with Crippen LogP contribution in [0.1, 0.15) is 24.9 Å². The number of nitrogens with zero attached hydrogens (tertiary/aromatic N) is 2. The Hall–Kier alpha value is -1.69. The van der Waals surface area contributed by atoms with Gasteiger partial charge in [-0.05, 0) is 6.92 Å². The predicted octanol–water partition coefficient (Wildman–Crippen LogP) is -0.182. The number of nitrogens with one attached hydrogen (secondary N) is 2. The summed E-state index contributed by atoms with van der Waals surface area (Å²) in [5, 5.41) is 9.67. The van der Waals surface area contributed by atoms with Crippen molar-refractivity contribution >= 4 is 11.8 Å². The SMILES string of the molecule is CC(NC1CC(=O)N(C)C1=O)c1cn[nH]c1. The fourth-order valence-corrected chi connectivity index (χ4v) is 1.78. The van der Waals surface area contributed by atoms with Crippen molar-refractivity contribution in [3.63, 3.8) is 0 Å². The lowest BCUT2D eigenvalue weighted by Gasteiger charge is -2.16. The second kappa shape index (κ2) is 4.05. The molecule has 2 rings (SSSR count). The number of hydrogen-bond acceptors (Lipinski definition) is 4. The molecule has 6 nitrogen and oxygen atoms in total. The van der Waals surface area contributed by atoms with Gasteiger partial charge in [-0.2, -0.15) is 5.10 Å². The van der Waals surface area contributed by atoms with E-state index >= 15 is 0 Å². The van der Waals surface area contributed by atoms with Crippen molar-refractivity contribution in [2.45, 2.75) is 25.4 Å². The largest absolute Gasteiger partial charge is 0.299 e. The van der Waals surface area contributed by atoms with Crippen molar-refractivity contribution < 1.29 is 9.59 Å². The summed E-state index contributed by atoms with van der Waals surface area (Å²) in [7, 11) is 1.51. The molecule has 86 valence electrons. The van der Waals surface area contributed by atoms with Crippen LogP contribution in [0.5, 0.6) is 0 Å². The smallest absolute Gasteiger partial charge is 0.246 e. The molecule has 0 saturated carbocycles. The van der Waals surface area contributed by atoms with E-state index in [1.807, 2.05) is 6.92 Å². The van der Waals surface area contributed by atoms with Gasteiger partial charge in [0.25, 0.3) is 0 Å². The second-order valence-electron chi connectivity index (χ2n) is 3.97. The maximum Gasteiger partial charge on any atom is 0.246 e. The van der Waals surface area contributed by atoms with Crippen LogP contribution < -0.4 is 5.32 Å². The number of aromatic nitrogens is 2. The average Bonchev–Trinajstić information content (AvgIpc) is 2.85. The Morgan fingerprint density at radius 2 is 2.38 bits per heavy atom. The minimum atomic E-state index is -0.414. The maximum atomic E-state index is 11.6. The standard InChI is InChI=1S/C10H14N4O2/c1-6(7-4-11-12-5-7)13-8-3-9(15)14(2)10(8)16/h4-6,8,13H,3H2,1-2H3,(H,11,12). The fourth-order valence-electron chi connectivity index (χ4n) is 1.78. The first kappa shape index (κ1) is 10.8. The van der Waals surface area contributed by atoms with Crippen molar-refractivity contribution in [1.29, 1.82) is 0 Å². The Bertz CT molecular complexity index is 401. The molecule has 0 spiro atoms. The second-order valence-corrected chi connectivity index (χ2v) is 3.97. The molecular weight excluding hydrogens is 208 g/mol. The van der Waals surface area contributed by atoms with Gasteiger partial charge >= 0.3 is 0 Å². The van der Waals surface area contributed by atoms with E-state index in [9.17, 15) is 9.59 Å². The van der Waals surface area contributed by atoms with Crippen LogP contribution in [0.15, 0.2) is 12.4 Å². The lowest BCUT2D eigenvalue weighted by Crippen LogP contribution is -2.38. The molecule has 6 heteroatoms.